The van der Waals surface area contributed by atoms with Crippen molar-refractivity contribution in [2.75, 3.05) is 26.7 Å². The maximum absolute atomic E-state index is 12.4. The monoisotopic (exact) mass is 288 g/mol. The van der Waals surface area contributed by atoms with E-state index < -0.39 is 11.9 Å². The summed E-state index contributed by atoms with van der Waals surface area (Å²) in [6, 6.07) is -0.479. The third kappa shape index (κ3) is 6.40. The van der Waals surface area contributed by atoms with E-state index >= 15 is 0 Å². The fraction of sp³-hybridized carbons (Fsp3) is 0.769. The van der Waals surface area contributed by atoms with Crippen LogP contribution in [0.2, 0.25) is 0 Å². The van der Waals surface area contributed by atoms with Gasteiger partial charge in [0.15, 0.2) is 0 Å². The number of ether oxygens (including phenoxy) is 1. The topological polar surface area (TPSA) is 87.2 Å². The Kier molecular flexibility index (Phi) is 8.35. The summed E-state index contributed by atoms with van der Waals surface area (Å²) >= 11 is 0. The zero-order valence-electron chi connectivity index (χ0n) is 12.6. The smallest absolute Gasteiger partial charge is 0.325 e. The minimum absolute atomic E-state index is 0.118. The number of urea groups is 1. The minimum Gasteiger partial charge on any atom is -0.481 e. The molecule has 0 saturated carbocycles. The highest BCUT2D eigenvalue weighted by atomic mass is 16.5. The van der Waals surface area contributed by atoms with Crippen LogP contribution in [0.3, 0.4) is 0 Å². The van der Waals surface area contributed by atoms with Crippen molar-refractivity contribution in [3.05, 3.63) is 0 Å². The molecule has 0 aliphatic rings. The van der Waals surface area contributed by atoms with Gasteiger partial charge in [0, 0.05) is 19.1 Å². The van der Waals surface area contributed by atoms with Crippen LogP contribution >= 0.6 is 0 Å². The number of carboxylic acids is 1. The van der Waals surface area contributed by atoms with Crippen molar-refractivity contribution in [2.24, 2.45) is 0 Å². The maximum atomic E-state index is 12.4. The first-order chi connectivity index (χ1) is 9.33. The van der Waals surface area contributed by atoms with Crippen LogP contribution in [0.4, 0.5) is 4.79 Å². The first-order valence-corrected chi connectivity index (χ1v) is 6.67. The molecule has 0 aromatic heterocycles. The summed E-state index contributed by atoms with van der Waals surface area (Å²) in [7, 11) is 1.27. The van der Waals surface area contributed by atoms with Gasteiger partial charge in [0.25, 0.3) is 0 Å². The number of aliphatic carboxylic acids is 1. The van der Waals surface area contributed by atoms with Crippen molar-refractivity contribution in [1.29, 1.82) is 0 Å². The number of carbonyl (C=O) groups is 3. The summed E-state index contributed by atoms with van der Waals surface area (Å²) in [6.07, 6.45) is 0.579. The number of hydrogen-bond donors (Lipinski definition) is 1. The van der Waals surface area contributed by atoms with Gasteiger partial charge in [-0.1, -0.05) is 6.92 Å². The molecular formula is C13H24N2O5. The lowest BCUT2D eigenvalue weighted by atomic mass is 10.3. The minimum atomic E-state index is -0.960. The molecule has 0 heterocycles. The van der Waals surface area contributed by atoms with Gasteiger partial charge in [0.05, 0.1) is 13.5 Å². The van der Waals surface area contributed by atoms with E-state index in [-0.39, 0.29) is 31.6 Å². The van der Waals surface area contributed by atoms with E-state index in [9.17, 15) is 14.4 Å². The molecule has 0 fully saturated rings. The summed E-state index contributed by atoms with van der Waals surface area (Å²) in [4.78, 5) is 37.2. The zero-order chi connectivity index (χ0) is 15.7. The van der Waals surface area contributed by atoms with Gasteiger partial charge in [-0.3, -0.25) is 9.59 Å². The molecule has 7 nitrogen and oxygen atoms in total. The second-order valence-corrected chi connectivity index (χ2v) is 4.71. The molecule has 2 amide bonds. The number of nitrogens with zero attached hydrogens (tertiary/aromatic N) is 2. The standard InChI is InChI=1S/C13H24N2O5/c1-5-7-14(9-12(18)20-4)13(19)15(10(2)3)8-6-11(16)17/h10H,5-9H2,1-4H3,(H,16,17). The SMILES string of the molecule is CCCN(CC(=O)OC)C(=O)N(CCC(=O)O)C(C)C. The molecular weight excluding hydrogens is 264 g/mol. The van der Waals surface area contributed by atoms with Crippen LogP contribution in [-0.2, 0) is 14.3 Å². The highest BCUT2D eigenvalue weighted by Gasteiger charge is 2.25. The molecule has 0 aliphatic heterocycles. The molecule has 0 unspecified atom stereocenters. The molecule has 0 rings (SSSR count). The van der Waals surface area contributed by atoms with Gasteiger partial charge in [-0.05, 0) is 20.3 Å². The molecule has 116 valence electrons. The third-order valence-corrected chi connectivity index (χ3v) is 2.75. The van der Waals surface area contributed by atoms with Crippen LogP contribution in [0.25, 0.3) is 0 Å². The quantitative estimate of drug-likeness (QED) is 0.678. The average molecular weight is 288 g/mol. The van der Waals surface area contributed by atoms with Crippen molar-refractivity contribution in [1.82, 2.24) is 9.80 Å². The van der Waals surface area contributed by atoms with E-state index in [1.165, 1.54) is 16.9 Å². The Morgan fingerprint density at radius 3 is 2.20 bits per heavy atom. The zero-order valence-corrected chi connectivity index (χ0v) is 12.6. The number of methoxy groups -OCH3 is 1. The molecule has 0 radical (unpaired) electrons. The second kappa shape index (κ2) is 9.17. The first-order valence-electron chi connectivity index (χ1n) is 6.67. The molecule has 0 saturated heterocycles. The summed E-state index contributed by atoms with van der Waals surface area (Å²) < 4.78 is 4.57. The largest absolute Gasteiger partial charge is 0.481 e. The highest BCUT2D eigenvalue weighted by molar-refractivity contribution is 5.81. The molecule has 20 heavy (non-hydrogen) atoms. The fourth-order valence-corrected chi connectivity index (χ4v) is 1.71. The first kappa shape index (κ1) is 18.2. The summed E-state index contributed by atoms with van der Waals surface area (Å²) in [6.45, 7) is 5.93. The van der Waals surface area contributed by atoms with Gasteiger partial charge in [-0.2, -0.15) is 0 Å². The van der Waals surface area contributed by atoms with E-state index in [0.717, 1.165) is 0 Å². The molecule has 1 N–H and O–H groups in total. The number of rotatable bonds is 8. The van der Waals surface area contributed by atoms with Crippen LogP contribution < -0.4 is 0 Å². The van der Waals surface area contributed by atoms with E-state index in [4.69, 9.17) is 5.11 Å². The summed E-state index contributed by atoms with van der Waals surface area (Å²) in [5.74, 6) is -1.45. The number of amides is 2. The molecule has 0 atom stereocenters. The summed E-state index contributed by atoms with van der Waals surface area (Å²) in [5, 5.41) is 8.73. The molecule has 7 heteroatoms. The van der Waals surface area contributed by atoms with Gasteiger partial charge in [0.1, 0.15) is 6.54 Å². The highest BCUT2D eigenvalue weighted by Crippen LogP contribution is 2.07. The number of carboxylic acid groups (broad SMARTS) is 1. The molecule has 0 aromatic carbocycles. The van der Waals surface area contributed by atoms with Gasteiger partial charge >= 0.3 is 18.0 Å². The molecule has 0 aliphatic carbocycles. The molecule has 0 aromatic rings. The van der Waals surface area contributed by atoms with Crippen molar-refractivity contribution >= 4 is 18.0 Å². The van der Waals surface area contributed by atoms with Crippen molar-refractivity contribution in [2.45, 2.75) is 39.7 Å². The predicted octanol–water partition coefficient (Wildman–Crippen LogP) is 1.18. The van der Waals surface area contributed by atoms with Gasteiger partial charge < -0.3 is 19.6 Å². The van der Waals surface area contributed by atoms with Crippen LogP contribution in [-0.4, -0.2) is 65.7 Å². The lowest BCUT2D eigenvalue weighted by Crippen LogP contribution is -2.49. The molecule has 0 spiro atoms. The summed E-state index contributed by atoms with van der Waals surface area (Å²) in [5.41, 5.74) is 0. The van der Waals surface area contributed by atoms with Gasteiger partial charge in [-0.15, -0.1) is 0 Å². The van der Waals surface area contributed by atoms with Crippen LogP contribution in [0.5, 0.6) is 0 Å². The Balaban J connectivity index is 4.85. The fourth-order valence-electron chi connectivity index (χ4n) is 1.71. The third-order valence-electron chi connectivity index (χ3n) is 2.75. The maximum Gasteiger partial charge on any atom is 0.325 e. The van der Waals surface area contributed by atoms with E-state index in [0.29, 0.717) is 13.0 Å². The lowest BCUT2D eigenvalue weighted by molar-refractivity contribution is -0.141. The lowest BCUT2D eigenvalue weighted by Gasteiger charge is -2.32. The Morgan fingerprint density at radius 1 is 1.20 bits per heavy atom. The Bertz CT molecular complexity index is 344. The normalized spacial score (nSPS) is 10.2. The Hall–Kier alpha value is -1.79. The number of hydrogen-bond acceptors (Lipinski definition) is 4. The van der Waals surface area contributed by atoms with E-state index in [2.05, 4.69) is 4.74 Å². The van der Waals surface area contributed by atoms with Crippen molar-refractivity contribution in [3.63, 3.8) is 0 Å². The van der Waals surface area contributed by atoms with Crippen molar-refractivity contribution < 1.29 is 24.2 Å². The number of carbonyl (C=O) groups excluding carboxylic acids is 2. The predicted molar refractivity (Wildman–Crippen MR) is 73.4 cm³/mol. The average Bonchev–Trinajstić information content (AvgIpc) is 2.37. The second-order valence-electron chi connectivity index (χ2n) is 4.71. The van der Waals surface area contributed by atoms with Crippen LogP contribution in [0.15, 0.2) is 0 Å². The Morgan fingerprint density at radius 2 is 1.80 bits per heavy atom. The van der Waals surface area contributed by atoms with Gasteiger partial charge in [0.2, 0.25) is 0 Å². The van der Waals surface area contributed by atoms with Crippen molar-refractivity contribution in [3.8, 4) is 0 Å². The van der Waals surface area contributed by atoms with Gasteiger partial charge in [-0.25, -0.2) is 4.79 Å². The molecule has 0 bridgehead atoms. The number of esters is 1. The van der Waals surface area contributed by atoms with E-state index in [1.54, 1.807) is 0 Å². The van der Waals surface area contributed by atoms with Crippen LogP contribution in [0, 0.1) is 0 Å². The Labute approximate surface area is 119 Å². The van der Waals surface area contributed by atoms with Crippen LogP contribution in [0.1, 0.15) is 33.6 Å². The van der Waals surface area contributed by atoms with E-state index in [1.807, 2.05) is 20.8 Å².